The van der Waals surface area contributed by atoms with E-state index in [0.29, 0.717) is 5.56 Å². The van der Waals surface area contributed by atoms with E-state index in [-0.39, 0.29) is 5.41 Å². The minimum absolute atomic E-state index is 0.233. The summed E-state index contributed by atoms with van der Waals surface area (Å²) >= 11 is 0. The van der Waals surface area contributed by atoms with Crippen LogP contribution in [0.25, 0.3) is 0 Å². The molecule has 102 valence electrons. The number of nitrogens with two attached hydrogens (primary N) is 1. The number of unbranched alkanes of at least 4 members (excludes halogenated alkanes) is 1. The molecular weight excluding hydrogens is 238 g/mol. The summed E-state index contributed by atoms with van der Waals surface area (Å²) in [6.45, 7) is 4.78. The molecule has 0 fully saturated rings. The zero-order valence-electron chi connectivity index (χ0n) is 11.6. The number of nitrogens with one attached hydrogen (secondary N) is 1. The van der Waals surface area contributed by atoms with Gasteiger partial charge in [0, 0.05) is 17.8 Å². The lowest BCUT2D eigenvalue weighted by molar-refractivity contribution is 0.100. The molecule has 0 saturated carbocycles. The molecule has 0 radical (unpaired) electrons. The molecule has 0 aromatic heterocycles. The molecule has 1 rings (SSSR count). The number of anilines is 1. The van der Waals surface area contributed by atoms with Gasteiger partial charge in [0.25, 0.3) is 0 Å². The molecule has 4 heteroatoms. The van der Waals surface area contributed by atoms with Gasteiger partial charge in [-0.2, -0.15) is 5.26 Å². The third-order valence-electron chi connectivity index (χ3n) is 3.03. The third kappa shape index (κ3) is 5.43. The highest BCUT2D eigenvalue weighted by atomic mass is 16.1. The first-order valence-corrected chi connectivity index (χ1v) is 6.49. The van der Waals surface area contributed by atoms with E-state index in [0.717, 1.165) is 31.5 Å². The van der Waals surface area contributed by atoms with Crippen LogP contribution in [0.5, 0.6) is 0 Å². The highest BCUT2D eigenvalue weighted by molar-refractivity contribution is 5.93. The van der Waals surface area contributed by atoms with E-state index in [2.05, 4.69) is 11.4 Å². The maximum absolute atomic E-state index is 10.9. The van der Waals surface area contributed by atoms with E-state index >= 15 is 0 Å². The molecule has 0 bridgehead atoms. The van der Waals surface area contributed by atoms with Crippen molar-refractivity contribution in [3.63, 3.8) is 0 Å². The molecule has 0 saturated heterocycles. The number of rotatable bonds is 7. The lowest BCUT2D eigenvalue weighted by atomic mass is 9.89. The summed E-state index contributed by atoms with van der Waals surface area (Å²) in [7, 11) is 0. The van der Waals surface area contributed by atoms with Crippen molar-refractivity contribution in [3.05, 3.63) is 29.8 Å². The Kier molecular flexibility index (Phi) is 5.37. The number of amides is 1. The van der Waals surface area contributed by atoms with Gasteiger partial charge in [-0.25, -0.2) is 0 Å². The molecule has 0 spiro atoms. The standard InChI is InChI=1S/C15H21N3O/c1-15(2,11-16)9-3-4-10-18-13-7-5-12(6-8-13)14(17)19/h5-8,18H,3-4,9-10H2,1-2H3,(H2,17,19). The maximum Gasteiger partial charge on any atom is 0.248 e. The summed E-state index contributed by atoms with van der Waals surface area (Å²) in [5.74, 6) is -0.412. The molecule has 0 unspecified atom stereocenters. The van der Waals surface area contributed by atoms with Gasteiger partial charge in [-0.1, -0.05) is 6.42 Å². The zero-order chi connectivity index (χ0) is 14.3. The van der Waals surface area contributed by atoms with Crippen molar-refractivity contribution in [2.75, 3.05) is 11.9 Å². The van der Waals surface area contributed by atoms with Gasteiger partial charge in [-0.15, -0.1) is 0 Å². The van der Waals surface area contributed by atoms with Crippen molar-refractivity contribution in [1.82, 2.24) is 0 Å². The fourth-order valence-corrected chi connectivity index (χ4v) is 1.73. The molecule has 4 nitrogen and oxygen atoms in total. The summed E-state index contributed by atoms with van der Waals surface area (Å²) in [6, 6.07) is 9.42. The molecule has 0 aliphatic rings. The number of nitriles is 1. The second kappa shape index (κ2) is 6.79. The Morgan fingerprint density at radius 3 is 2.47 bits per heavy atom. The number of primary amides is 1. The Hall–Kier alpha value is -2.02. The fraction of sp³-hybridized carbons (Fsp3) is 0.467. The first kappa shape index (κ1) is 15.0. The van der Waals surface area contributed by atoms with Crippen molar-refractivity contribution in [2.45, 2.75) is 33.1 Å². The van der Waals surface area contributed by atoms with E-state index in [9.17, 15) is 4.79 Å². The summed E-state index contributed by atoms with van der Waals surface area (Å²) < 4.78 is 0. The lowest BCUT2D eigenvalue weighted by Crippen LogP contribution is -2.11. The number of benzene rings is 1. The van der Waals surface area contributed by atoms with Gasteiger partial charge in [0.2, 0.25) is 5.91 Å². The van der Waals surface area contributed by atoms with Gasteiger partial charge in [0.15, 0.2) is 0 Å². The number of carbonyl (C=O) groups excluding carboxylic acids is 1. The second-order valence-electron chi connectivity index (χ2n) is 5.32. The Balaban J connectivity index is 2.27. The van der Waals surface area contributed by atoms with Crippen LogP contribution in [0.3, 0.4) is 0 Å². The van der Waals surface area contributed by atoms with Gasteiger partial charge in [0.05, 0.1) is 11.5 Å². The zero-order valence-corrected chi connectivity index (χ0v) is 11.6. The summed E-state index contributed by atoms with van der Waals surface area (Å²) in [5, 5.41) is 12.2. The summed E-state index contributed by atoms with van der Waals surface area (Å²) in [6.07, 6.45) is 2.95. The predicted octanol–water partition coefficient (Wildman–Crippen LogP) is 2.92. The van der Waals surface area contributed by atoms with E-state index < -0.39 is 5.91 Å². The van der Waals surface area contributed by atoms with E-state index in [1.165, 1.54) is 0 Å². The van der Waals surface area contributed by atoms with Crippen molar-refractivity contribution >= 4 is 11.6 Å². The molecule has 0 atom stereocenters. The topological polar surface area (TPSA) is 78.9 Å². The molecule has 19 heavy (non-hydrogen) atoms. The van der Waals surface area contributed by atoms with Crippen molar-refractivity contribution in [1.29, 1.82) is 5.26 Å². The van der Waals surface area contributed by atoms with Gasteiger partial charge in [-0.3, -0.25) is 4.79 Å². The minimum atomic E-state index is -0.412. The van der Waals surface area contributed by atoms with Gasteiger partial charge in [-0.05, 0) is 51.0 Å². The van der Waals surface area contributed by atoms with Gasteiger partial charge >= 0.3 is 0 Å². The number of hydrogen-bond donors (Lipinski definition) is 2. The van der Waals surface area contributed by atoms with E-state index in [1.54, 1.807) is 12.1 Å². The first-order chi connectivity index (χ1) is 8.94. The number of carbonyl (C=O) groups is 1. The van der Waals surface area contributed by atoms with Gasteiger partial charge in [0.1, 0.15) is 0 Å². The minimum Gasteiger partial charge on any atom is -0.385 e. The molecule has 0 heterocycles. The maximum atomic E-state index is 10.9. The normalized spacial score (nSPS) is 10.8. The third-order valence-corrected chi connectivity index (χ3v) is 3.03. The van der Waals surface area contributed by atoms with Crippen molar-refractivity contribution < 1.29 is 4.79 Å². The molecule has 1 aromatic carbocycles. The van der Waals surface area contributed by atoms with Crippen molar-refractivity contribution in [3.8, 4) is 6.07 Å². The summed E-state index contributed by atoms with van der Waals surface area (Å²) in [4.78, 5) is 10.9. The van der Waals surface area contributed by atoms with Crippen LogP contribution in [0.1, 0.15) is 43.5 Å². The molecule has 0 aliphatic carbocycles. The quantitative estimate of drug-likeness (QED) is 0.739. The van der Waals surface area contributed by atoms with E-state index in [4.69, 9.17) is 11.0 Å². The Morgan fingerprint density at radius 1 is 1.32 bits per heavy atom. The Labute approximate surface area is 114 Å². The van der Waals surface area contributed by atoms with E-state index in [1.807, 2.05) is 26.0 Å². The monoisotopic (exact) mass is 259 g/mol. The lowest BCUT2D eigenvalue weighted by Gasteiger charge is -2.14. The molecule has 1 amide bonds. The van der Waals surface area contributed by atoms with Gasteiger partial charge < -0.3 is 11.1 Å². The number of nitrogens with zero attached hydrogens (tertiary/aromatic N) is 1. The largest absolute Gasteiger partial charge is 0.385 e. The van der Waals surface area contributed by atoms with Crippen LogP contribution in [0, 0.1) is 16.7 Å². The predicted molar refractivity (Wildman–Crippen MR) is 76.7 cm³/mol. The van der Waals surface area contributed by atoms with Crippen LogP contribution in [0.4, 0.5) is 5.69 Å². The van der Waals surface area contributed by atoms with Crippen LogP contribution >= 0.6 is 0 Å². The molecule has 3 N–H and O–H groups in total. The van der Waals surface area contributed by atoms with Crippen LogP contribution < -0.4 is 11.1 Å². The molecule has 0 aliphatic heterocycles. The van der Waals surface area contributed by atoms with Crippen LogP contribution in [0.15, 0.2) is 24.3 Å². The fourth-order valence-electron chi connectivity index (χ4n) is 1.73. The Morgan fingerprint density at radius 2 is 1.95 bits per heavy atom. The average molecular weight is 259 g/mol. The Bertz CT molecular complexity index is 457. The smallest absolute Gasteiger partial charge is 0.248 e. The molecule has 1 aromatic rings. The highest BCUT2D eigenvalue weighted by Crippen LogP contribution is 2.21. The SMILES string of the molecule is CC(C)(C#N)CCCCNc1ccc(C(N)=O)cc1. The number of hydrogen-bond acceptors (Lipinski definition) is 3. The van der Waals surface area contributed by atoms with Crippen LogP contribution in [0.2, 0.25) is 0 Å². The van der Waals surface area contributed by atoms with Crippen LogP contribution in [-0.2, 0) is 0 Å². The molecular formula is C15H21N3O. The second-order valence-corrected chi connectivity index (χ2v) is 5.32. The van der Waals surface area contributed by atoms with Crippen molar-refractivity contribution in [2.24, 2.45) is 11.1 Å². The van der Waals surface area contributed by atoms with Crippen LogP contribution in [-0.4, -0.2) is 12.5 Å². The highest BCUT2D eigenvalue weighted by Gasteiger charge is 2.15. The summed E-state index contributed by atoms with van der Waals surface area (Å²) in [5.41, 5.74) is 6.43. The average Bonchev–Trinajstić information content (AvgIpc) is 2.39. The first-order valence-electron chi connectivity index (χ1n) is 6.49.